The molecule has 0 aromatic heterocycles. The highest BCUT2D eigenvalue weighted by atomic mass is 16.4. The quantitative estimate of drug-likeness (QED) is 0.240. The van der Waals surface area contributed by atoms with E-state index in [0.29, 0.717) is 12.5 Å². The number of rotatable bonds is 18. The lowest BCUT2D eigenvalue weighted by Gasteiger charge is -2.13. The Morgan fingerprint density at radius 1 is 0.704 bits per heavy atom. The van der Waals surface area contributed by atoms with Crippen molar-refractivity contribution >= 4 is 5.97 Å². The van der Waals surface area contributed by atoms with Gasteiger partial charge in [-0.25, -0.2) is 4.79 Å². The third kappa shape index (κ3) is 25.4. The van der Waals surface area contributed by atoms with E-state index in [0.717, 1.165) is 0 Å². The number of aliphatic hydroxyl groups is 2. The van der Waals surface area contributed by atoms with Gasteiger partial charge in [0.1, 0.15) is 6.10 Å². The smallest absolute Gasteiger partial charge is 0.332 e. The Morgan fingerprint density at radius 3 is 1.26 bits per heavy atom. The molecule has 0 aromatic carbocycles. The predicted molar refractivity (Wildman–Crippen MR) is 115 cm³/mol. The lowest BCUT2D eigenvalue weighted by molar-refractivity contribution is -0.145. The minimum atomic E-state index is -1.23. The van der Waals surface area contributed by atoms with Crippen molar-refractivity contribution in [2.75, 3.05) is 6.61 Å². The Bertz CT molecular complexity index is 292. The van der Waals surface area contributed by atoms with E-state index >= 15 is 0 Å². The summed E-state index contributed by atoms with van der Waals surface area (Å²) in [5.74, 6) is -0.605. The number of unbranched alkanes of at least 4 members (excludes halogenated alkanes) is 12. The molecule has 0 fully saturated rings. The molecule has 0 spiro atoms. The Hall–Kier alpha value is -0.610. The Kier molecular flexibility index (Phi) is 24.8. The van der Waals surface area contributed by atoms with Gasteiger partial charge in [-0.1, -0.05) is 104 Å². The lowest BCUT2D eigenvalue weighted by atomic mass is 9.95. The van der Waals surface area contributed by atoms with Gasteiger partial charge in [-0.3, -0.25) is 0 Å². The summed E-state index contributed by atoms with van der Waals surface area (Å²) >= 11 is 0. The zero-order chi connectivity index (χ0) is 20.8. The SMILES string of the molecule is CC(O)C(=O)O.CCCCCCCCCCC(CO)CCCCCCCC. The molecule has 0 aliphatic rings. The van der Waals surface area contributed by atoms with Gasteiger partial charge in [0.25, 0.3) is 0 Å². The first-order valence-corrected chi connectivity index (χ1v) is 11.5. The maximum absolute atomic E-state index is 9.47. The molecule has 4 nitrogen and oxygen atoms in total. The third-order valence-electron chi connectivity index (χ3n) is 5.05. The van der Waals surface area contributed by atoms with Gasteiger partial charge in [-0.05, 0) is 25.7 Å². The van der Waals surface area contributed by atoms with E-state index in [1.165, 1.54) is 110 Å². The molecule has 0 rings (SSSR count). The van der Waals surface area contributed by atoms with Crippen molar-refractivity contribution in [3.63, 3.8) is 0 Å². The molecule has 0 heterocycles. The Labute approximate surface area is 168 Å². The van der Waals surface area contributed by atoms with Crippen LogP contribution in [0.1, 0.15) is 124 Å². The normalized spacial score (nSPS) is 12.9. The predicted octanol–water partition coefficient (Wildman–Crippen LogP) is 6.33. The van der Waals surface area contributed by atoms with Crippen LogP contribution in [0.4, 0.5) is 0 Å². The van der Waals surface area contributed by atoms with E-state index in [1.807, 2.05) is 0 Å². The minimum absolute atomic E-state index is 0.408. The van der Waals surface area contributed by atoms with Gasteiger partial charge >= 0.3 is 5.97 Å². The number of hydrogen-bond acceptors (Lipinski definition) is 3. The second-order valence-corrected chi connectivity index (χ2v) is 7.88. The van der Waals surface area contributed by atoms with E-state index < -0.39 is 12.1 Å². The summed E-state index contributed by atoms with van der Waals surface area (Å²) in [5, 5.41) is 25.2. The van der Waals surface area contributed by atoms with Crippen molar-refractivity contribution in [2.45, 2.75) is 130 Å². The van der Waals surface area contributed by atoms with Gasteiger partial charge in [0.2, 0.25) is 0 Å². The van der Waals surface area contributed by atoms with Crippen molar-refractivity contribution in [1.29, 1.82) is 0 Å². The van der Waals surface area contributed by atoms with Crippen molar-refractivity contribution in [3.8, 4) is 0 Å². The first kappa shape index (κ1) is 28.6. The molecule has 27 heavy (non-hydrogen) atoms. The van der Waals surface area contributed by atoms with Gasteiger partial charge in [0, 0.05) is 6.61 Å². The average Bonchev–Trinajstić information content (AvgIpc) is 2.65. The highest BCUT2D eigenvalue weighted by molar-refractivity contribution is 5.71. The van der Waals surface area contributed by atoms with Crippen LogP contribution in [0.5, 0.6) is 0 Å². The van der Waals surface area contributed by atoms with Gasteiger partial charge in [-0.2, -0.15) is 0 Å². The molecule has 0 saturated carbocycles. The summed E-state index contributed by atoms with van der Waals surface area (Å²) in [5.41, 5.74) is 0. The average molecular weight is 389 g/mol. The molecular weight excluding hydrogens is 340 g/mol. The van der Waals surface area contributed by atoms with Crippen LogP contribution in [0, 0.1) is 5.92 Å². The molecule has 0 amide bonds. The van der Waals surface area contributed by atoms with Gasteiger partial charge < -0.3 is 15.3 Å². The molecule has 0 bridgehead atoms. The maximum atomic E-state index is 9.47. The Morgan fingerprint density at radius 2 is 1.00 bits per heavy atom. The molecule has 0 aromatic rings. The molecule has 2 unspecified atom stereocenters. The molecule has 3 N–H and O–H groups in total. The zero-order valence-electron chi connectivity index (χ0n) is 18.4. The fourth-order valence-electron chi connectivity index (χ4n) is 3.11. The molecule has 4 heteroatoms. The zero-order valence-corrected chi connectivity index (χ0v) is 18.4. The second-order valence-electron chi connectivity index (χ2n) is 7.88. The second kappa shape index (κ2) is 23.4. The van der Waals surface area contributed by atoms with Crippen LogP contribution in [0.3, 0.4) is 0 Å². The molecule has 164 valence electrons. The lowest BCUT2D eigenvalue weighted by Crippen LogP contribution is -2.13. The first-order chi connectivity index (χ1) is 13.0. The minimum Gasteiger partial charge on any atom is -0.479 e. The van der Waals surface area contributed by atoms with Crippen LogP contribution < -0.4 is 0 Å². The maximum Gasteiger partial charge on any atom is 0.332 e. The fraction of sp³-hybridized carbons (Fsp3) is 0.957. The van der Waals surface area contributed by atoms with Crippen molar-refractivity contribution in [1.82, 2.24) is 0 Å². The van der Waals surface area contributed by atoms with E-state index in [-0.39, 0.29) is 0 Å². The number of carboxylic acids is 1. The summed E-state index contributed by atoms with van der Waals surface area (Å²) in [6, 6.07) is 0. The number of aliphatic carboxylic acids is 1. The monoisotopic (exact) mass is 388 g/mol. The summed E-state index contributed by atoms with van der Waals surface area (Å²) in [6.07, 6.45) is 20.6. The number of aliphatic hydroxyl groups excluding tert-OH is 2. The van der Waals surface area contributed by atoms with E-state index in [2.05, 4.69) is 13.8 Å². The third-order valence-corrected chi connectivity index (χ3v) is 5.05. The summed E-state index contributed by atoms with van der Waals surface area (Å²) in [6.45, 7) is 6.15. The van der Waals surface area contributed by atoms with Crippen LogP contribution in [0.2, 0.25) is 0 Å². The van der Waals surface area contributed by atoms with E-state index in [1.54, 1.807) is 0 Å². The van der Waals surface area contributed by atoms with Gasteiger partial charge in [0.15, 0.2) is 0 Å². The van der Waals surface area contributed by atoms with Crippen molar-refractivity contribution < 1.29 is 20.1 Å². The van der Waals surface area contributed by atoms with Gasteiger partial charge in [-0.15, -0.1) is 0 Å². The highest BCUT2D eigenvalue weighted by Gasteiger charge is 2.06. The van der Waals surface area contributed by atoms with Crippen molar-refractivity contribution in [3.05, 3.63) is 0 Å². The van der Waals surface area contributed by atoms with Crippen LogP contribution >= 0.6 is 0 Å². The first-order valence-electron chi connectivity index (χ1n) is 11.5. The van der Waals surface area contributed by atoms with Crippen LogP contribution in [-0.2, 0) is 4.79 Å². The molecular formula is C23H48O4. The van der Waals surface area contributed by atoms with Crippen molar-refractivity contribution in [2.24, 2.45) is 5.92 Å². The Balaban J connectivity index is 0. The van der Waals surface area contributed by atoms with E-state index in [9.17, 15) is 9.90 Å². The fourth-order valence-corrected chi connectivity index (χ4v) is 3.11. The van der Waals surface area contributed by atoms with Crippen LogP contribution in [0.15, 0.2) is 0 Å². The largest absolute Gasteiger partial charge is 0.479 e. The molecule has 0 radical (unpaired) electrons. The van der Waals surface area contributed by atoms with E-state index in [4.69, 9.17) is 10.2 Å². The highest BCUT2D eigenvalue weighted by Crippen LogP contribution is 2.18. The molecule has 2 atom stereocenters. The summed E-state index contributed by atoms with van der Waals surface area (Å²) < 4.78 is 0. The number of carboxylic acid groups (broad SMARTS) is 1. The molecule has 0 aliphatic carbocycles. The number of carbonyl (C=O) groups is 1. The molecule has 0 saturated heterocycles. The summed E-state index contributed by atoms with van der Waals surface area (Å²) in [4.78, 5) is 9.45. The van der Waals surface area contributed by atoms with Crippen LogP contribution in [-0.4, -0.2) is 34.0 Å². The summed E-state index contributed by atoms with van der Waals surface area (Å²) in [7, 11) is 0. The van der Waals surface area contributed by atoms with Gasteiger partial charge in [0.05, 0.1) is 0 Å². The molecule has 0 aliphatic heterocycles. The van der Waals surface area contributed by atoms with Crippen LogP contribution in [0.25, 0.3) is 0 Å². The standard InChI is InChI=1S/C20H42O.C3H6O3/c1-3-5-7-9-11-12-14-16-18-20(19-21)17-15-13-10-8-6-4-2;1-2(4)3(5)6/h20-21H,3-19H2,1-2H3;2,4H,1H3,(H,5,6). The number of hydrogen-bond donors (Lipinski definition) is 3. The topological polar surface area (TPSA) is 77.8 Å².